The van der Waals surface area contributed by atoms with Crippen LogP contribution in [0.1, 0.15) is 30.1 Å². The molecular formula is C17H29Cl2N5O. The third-order valence-electron chi connectivity index (χ3n) is 4.79. The predicted molar refractivity (Wildman–Crippen MR) is 106 cm³/mol. The molecule has 2 unspecified atom stereocenters. The highest BCUT2D eigenvalue weighted by atomic mass is 35.5. The Labute approximate surface area is 162 Å². The minimum atomic E-state index is 0. The maximum Gasteiger partial charge on any atom is 0.251 e. The van der Waals surface area contributed by atoms with Crippen molar-refractivity contribution in [3.63, 3.8) is 0 Å². The summed E-state index contributed by atoms with van der Waals surface area (Å²) in [5.74, 6) is 0.923. The van der Waals surface area contributed by atoms with Gasteiger partial charge in [0.15, 0.2) is 0 Å². The Morgan fingerprint density at radius 2 is 2.00 bits per heavy atom. The number of carbonyl (C=O) groups excluding carboxylic acids is 1. The molecule has 0 radical (unpaired) electrons. The minimum Gasteiger partial charge on any atom is -0.354 e. The van der Waals surface area contributed by atoms with E-state index in [0.717, 1.165) is 51.4 Å². The van der Waals surface area contributed by atoms with Crippen molar-refractivity contribution in [3.8, 4) is 0 Å². The van der Waals surface area contributed by atoms with Crippen LogP contribution in [-0.2, 0) is 0 Å². The van der Waals surface area contributed by atoms with E-state index < -0.39 is 0 Å². The van der Waals surface area contributed by atoms with Gasteiger partial charge in [-0.2, -0.15) is 0 Å². The minimum absolute atomic E-state index is 0. The van der Waals surface area contributed by atoms with Gasteiger partial charge in [0.2, 0.25) is 0 Å². The average molecular weight is 390 g/mol. The number of halogens is 2. The highest BCUT2D eigenvalue weighted by molar-refractivity contribution is 5.95. The average Bonchev–Trinajstić information content (AvgIpc) is 2.56. The van der Waals surface area contributed by atoms with Gasteiger partial charge >= 0.3 is 0 Å². The fourth-order valence-corrected chi connectivity index (χ4v) is 3.30. The summed E-state index contributed by atoms with van der Waals surface area (Å²) >= 11 is 0. The molecule has 3 heterocycles. The third kappa shape index (κ3) is 5.99. The highest BCUT2D eigenvalue weighted by Crippen LogP contribution is 2.16. The molecule has 142 valence electrons. The Kier molecular flexibility index (Phi) is 8.93. The number of piperidine rings is 1. The number of nitrogens with zero attached hydrogens (tertiary/aromatic N) is 3. The predicted octanol–water partition coefficient (Wildman–Crippen LogP) is 1.55. The molecule has 0 spiro atoms. The molecule has 1 aromatic rings. The lowest BCUT2D eigenvalue weighted by Gasteiger charge is -2.33. The summed E-state index contributed by atoms with van der Waals surface area (Å²) in [4.78, 5) is 21.5. The summed E-state index contributed by atoms with van der Waals surface area (Å²) in [5.41, 5.74) is 0.708. The lowest BCUT2D eigenvalue weighted by Crippen LogP contribution is -2.46. The second kappa shape index (κ2) is 10.2. The zero-order valence-corrected chi connectivity index (χ0v) is 16.5. The van der Waals surface area contributed by atoms with Gasteiger partial charge in [0.05, 0.1) is 0 Å². The number of likely N-dealkylation sites (N-methyl/N-ethyl adjacent to an activating group) is 1. The number of aromatic nitrogens is 1. The van der Waals surface area contributed by atoms with Gasteiger partial charge in [-0.1, -0.05) is 0 Å². The standard InChI is InChI=1S/C17H27N5O.2ClH/c1-13-11-15(4-6-18-13)20-17(23)14-3-5-19-16(12-14)22-9-7-21(2)8-10-22;;/h3,5,12-13,15,18H,4,6-11H2,1-2H3,(H,20,23);2*1H. The normalized spacial score (nSPS) is 24.0. The molecule has 1 aromatic heterocycles. The quantitative estimate of drug-likeness (QED) is 0.820. The lowest BCUT2D eigenvalue weighted by atomic mass is 10.0. The number of hydrogen-bond donors (Lipinski definition) is 2. The molecule has 0 saturated carbocycles. The van der Waals surface area contributed by atoms with Gasteiger partial charge in [0, 0.05) is 50.0 Å². The van der Waals surface area contributed by atoms with E-state index in [1.54, 1.807) is 12.3 Å². The molecule has 8 heteroatoms. The first-order valence-corrected chi connectivity index (χ1v) is 8.55. The van der Waals surface area contributed by atoms with Crippen LogP contribution >= 0.6 is 24.8 Å². The Balaban J connectivity index is 0.00000156. The second-order valence-electron chi connectivity index (χ2n) is 6.74. The van der Waals surface area contributed by atoms with Crippen molar-refractivity contribution < 1.29 is 4.79 Å². The van der Waals surface area contributed by atoms with E-state index in [1.165, 1.54) is 0 Å². The molecule has 25 heavy (non-hydrogen) atoms. The van der Waals surface area contributed by atoms with Gasteiger partial charge < -0.3 is 20.4 Å². The van der Waals surface area contributed by atoms with Crippen LogP contribution in [-0.4, -0.2) is 67.6 Å². The SMILES string of the molecule is CC1CC(NC(=O)c2ccnc(N3CCN(C)CC3)c2)CCN1.Cl.Cl. The van der Waals surface area contributed by atoms with Crippen molar-refractivity contribution in [2.24, 2.45) is 0 Å². The Morgan fingerprint density at radius 1 is 1.28 bits per heavy atom. The van der Waals surface area contributed by atoms with Crippen LogP contribution in [0.4, 0.5) is 5.82 Å². The third-order valence-corrected chi connectivity index (χ3v) is 4.79. The Morgan fingerprint density at radius 3 is 2.68 bits per heavy atom. The first-order valence-electron chi connectivity index (χ1n) is 8.55. The number of rotatable bonds is 3. The van der Waals surface area contributed by atoms with E-state index in [-0.39, 0.29) is 36.8 Å². The summed E-state index contributed by atoms with van der Waals surface area (Å²) in [6.45, 7) is 7.11. The van der Waals surface area contributed by atoms with E-state index in [2.05, 4.69) is 39.4 Å². The van der Waals surface area contributed by atoms with E-state index >= 15 is 0 Å². The maximum atomic E-state index is 12.5. The molecule has 2 aliphatic heterocycles. The summed E-state index contributed by atoms with van der Waals surface area (Å²) in [7, 11) is 2.13. The molecule has 0 aromatic carbocycles. The molecule has 2 fully saturated rings. The van der Waals surface area contributed by atoms with Crippen molar-refractivity contribution in [1.29, 1.82) is 0 Å². The molecule has 6 nitrogen and oxygen atoms in total. The van der Waals surface area contributed by atoms with Crippen LogP contribution in [0.2, 0.25) is 0 Å². The summed E-state index contributed by atoms with van der Waals surface area (Å²) in [6, 6.07) is 4.45. The van der Waals surface area contributed by atoms with Gasteiger partial charge in [-0.05, 0) is 45.5 Å². The van der Waals surface area contributed by atoms with Crippen molar-refractivity contribution >= 4 is 36.5 Å². The Hall–Kier alpha value is -1.08. The number of hydrogen-bond acceptors (Lipinski definition) is 5. The smallest absolute Gasteiger partial charge is 0.251 e. The maximum absolute atomic E-state index is 12.5. The molecule has 2 atom stereocenters. The molecule has 0 bridgehead atoms. The van der Waals surface area contributed by atoms with Crippen molar-refractivity contribution in [1.82, 2.24) is 20.5 Å². The topological polar surface area (TPSA) is 60.5 Å². The van der Waals surface area contributed by atoms with E-state index in [4.69, 9.17) is 0 Å². The number of carbonyl (C=O) groups is 1. The fraction of sp³-hybridized carbons (Fsp3) is 0.647. The summed E-state index contributed by atoms with van der Waals surface area (Å²) in [6.07, 6.45) is 3.72. The zero-order valence-electron chi connectivity index (χ0n) is 14.9. The summed E-state index contributed by atoms with van der Waals surface area (Å²) < 4.78 is 0. The van der Waals surface area contributed by atoms with E-state index in [0.29, 0.717) is 11.6 Å². The van der Waals surface area contributed by atoms with Crippen LogP contribution in [0.5, 0.6) is 0 Å². The van der Waals surface area contributed by atoms with Gasteiger partial charge in [-0.25, -0.2) is 4.98 Å². The van der Waals surface area contributed by atoms with E-state index in [9.17, 15) is 4.79 Å². The van der Waals surface area contributed by atoms with Crippen LogP contribution in [0.3, 0.4) is 0 Å². The molecule has 1 amide bonds. The van der Waals surface area contributed by atoms with E-state index in [1.807, 2.05) is 6.07 Å². The number of nitrogens with one attached hydrogen (secondary N) is 2. The summed E-state index contributed by atoms with van der Waals surface area (Å²) in [5, 5.41) is 6.58. The molecular weight excluding hydrogens is 361 g/mol. The molecule has 0 aliphatic carbocycles. The van der Waals surface area contributed by atoms with Crippen molar-refractivity contribution in [2.75, 3.05) is 44.7 Å². The van der Waals surface area contributed by atoms with Crippen LogP contribution in [0.15, 0.2) is 18.3 Å². The van der Waals surface area contributed by atoms with Gasteiger partial charge in [0.25, 0.3) is 5.91 Å². The largest absolute Gasteiger partial charge is 0.354 e. The van der Waals surface area contributed by atoms with Crippen LogP contribution in [0, 0.1) is 0 Å². The molecule has 3 rings (SSSR count). The number of pyridine rings is 1. The van der Waals surface area contributed by atoms with Gasteiger partial charge in [-0.15, -0.1) is 24.8 Å². The highest BCUT2D eigenvalue weighted by Gasteiger charge is 2.21. The molecule has 2 N–H and O–H groups in total. The Bertz CT molecular complexity index is 552. The first kappa shape index (κ1) is 22.0. The lowest BCUT2D eigenvalue weighted by molar-refractivity contribution is 0.0925. The van der Waals surface area contributed by atoms with Gasteiger partial charge in [0.1, 0.15) is 5.82 Å². The van der Waals surface area contributed by atoms with Crippen LogP contribution in [0.25, 0.3) is 0 Å². The molecule has 2 saturated heterocycles. The van der Waals surface area contributed by atoms with Crippen molar-refractivity contribution in [3.05, 3.63) is 23.9 Å². The number of amides is 1. The molecule has 2 aliphatic rings. The fourth-order valence-electron chi connectivity index (χ4n) is 3.30. The first-order chi connectivity index (χ1) is 11.1. The van der Waals surface area contributed by atoms with Gasteiger partial charge in [-0.3, -0.25) is 4.79 Å². The second-order valence-corrected chi connectivity index (χ2v) is 6.74. The monoisotopic (exact) mass is 389 g/mol. The van der Waals surface area contributed by atoms with Crippen LogP contribution < -0.4 is 15.5 Å². The number of piperazine rings is 1. The van der Waals surface area contributed by atoms with Crippen molar-refractivity contribution in [2.45, 2.75) is 31.8 Å². The number of anilines is 1. The zero-order chi connectivity index (χ0) is 16.2.